The van der Waals surface area contributed by atoms with Gasteiger partial charge in [-0.25, -0.2) is 0 Å². The van der Waals surface area contributed by atoms with Gasteiger partial charge in [-0.05, 0) is 56.2 Å². The minimum absolute atomic E-state index is 0.229. The molecule has 21 heavy (non-hydrogen) atoms. The Morgan fingerprint density at radius 2 is 2.05 bits per heavy atom. The van der Waals surface area contributed by atoms with E-state index in [0.29, 0.717) is 11.0 Å². The van der Waals surface area contributed by atoms with Crippen LogP contribution in [0.25, 0.3) is 5.69 Å². The van der Waals surface area contributed by atoms with Crippen LogP contribution in [0.2, 0.25) is 0 Å². The van der Waals surface area contributed by atoms with Crippen LogP contribution in [0.4, 0.5) is 5.69 Å². The molecule has 1 aromatic heterocycles. The summed E-state index contributed by atoms with van der Waals surface area (Å²) in [4.78, 5) is 0. The van der Waals surface area contributed by atoms with E-state index in [1.807, 2.05) is 36.4 Å². The van der Waals surface area contributed by atoms with Gasteiger partial charge in [0.2, 0.25) is 0 Å². The molecule has 0 aliphatic rings. The molecule has 0 amide bonds. The number of phenolic OH excluding ortho intramolecular Hbond substituents is 1. The fourth-order valence-electron chi connectivity index (χ4n) is 1.95. The molecule has 7 heteroatoms. The lowest BCUT2D eigenvalue weighted by Crippen LogP contribution is -2.05. The Kier molecular flexibility index (Phi) is 3.83. The van der Waals surface area contributed by atoms with Gasteiger partial charge in [-0.3, -0.25) is 0 Å². The first kappa shape index (κ1) is 13.6. The highest BCUT2D eigenvalue weighted by Gasteiger charge is 2.05. The molecule has 0 spiro atoms. The number of para-hydroxylation sites is 2. The highest BCUT2D eigenvalue weighted by Crippen LogP contribution is 2.25. The monoisotopic (exact) mass is 345 g/mol. The molecule has 0 fully saturated rings. The zero-order chi connectivity index (χ0) is 14.7. The van der Waals surface area contributed by atoms with Crippen LogP contribution in [0.1, 0.15) is 5.56 Å². The molecule has 0 unspecified atom stereocenters. The fourth-order valence-corrected chi connectivity index (χ4v) is 2.38. The summed E-state index contributed by atoms with van der Waals surface area (Å²) in [6.45, 7) is 0.623. The molecule has 0 saturated heterocycles. The second-order valence-electron chi connectivity index (χ2n) is 4.41. The molecule has 6 nitrogen and oxygen atoms in total. The van der Waals surface area contributed by atoms with Crippen molar-refractivity contribution in [3.05, 3.63) is 58.8 Å². The number of benzene rings is 2. The van der Waals surface area contributed by atoms with Crippen LogP contribution >= 0.6 is 15.9 Å². The number of anilines is 1. The summed E-state index contributed by atoms with van der Waals surface area (Å²) in [6.07, 6.45) is 1.55. The third kappa shape index (κ3) is 3.03. The summed E-state index contributed by atoms with van der Waals surface area (Å²) in [6, 6.07) is 13.2. The summed E-state index contributed by atoms with van der Waals surface area (Å²) >= 11 is 3.31. The van der Waals surface area contributed by atoms with Crippen LogP contribution < -0.4 is 5.32 Å². The lowest BCUT2D eigenvalue weighted by atomic mass is 10.2. The Balaban J connectivity index is 1.81. The second-order valence-corrected chi connectivity index (χ2v) is 5.27. The van der Waals surface area contributed by atoms with Gasteiger partial charge < -0.3 is 10.4 Å². The predicted octanol–water partition coefficient (Wildman–Crippen LogP) is 2.74. The van der Waals surface area contributed by atoms with Gasteiger partial charge in [0.1, 0.15) is 12.1 Å². The van der Waals surface area contributed by atoms with E-state index in [1.165, 1.54) is 0 Å². The summed E-state index contributed by atoms with van der Waals surface area (Å²) < 4.78 is 2.28. The molecular weight excluding hydrogens is 334 g/mol. The highest BCUT2D eigenvalue weighted by atomic mass is 79.9. The van der Waals surface area contributed by atoms with E-state index in [2.05, 4.69) is 36.8 Å². The van der Waals surface area contributed by atoms with E-state index in [-0.39, 0.29) is 5.75 Å². The van der Waals surface area contributed by atoms with Crippen LogP contribution in [0, 0.1) is 0 Å². The zero-order valence-electron chi connectivity index (χ0n) is 10.9. The normalized spacial score (nSPS) is 10.5. The molecule has 3 aromatic rings. The van der Waals surface area contributed by atoms with E-state index in [1.54, 1.807) is 17.1 Å². The van der Waals surface area contributed by atoms with Gasteiger partial charge in [-0.15, -0.1) is 5.10 Å². The zero-order valence-corrected chi connectivity index (χ0v) is 12.5. The second kappa shape index (κ2) is 5.92. The Morgan fingerprint density at radius 3 is 2.81 bits per heavy atom. The number of aromatic nitrogens is 4. The largest absolute Gasteiger partial charge is 0.507 e. The van der Waals surface area contributed by atoms with Crippen molar-refractivity contribution in [3.8, 4) is 11.4 Å². The van der Waals surface area contributed by atoms with E-state index < -0.39 is 0 Å². The van der Waals surface area contributed by atoms with Gasteiger partial charge in [-0.2, -0.15) is 4.68 Å². The van der Waals surface area contributed by atoms with E-state index in [4.69, 9.17) is 0 Å². The van der Waals surface area contributed by atoms with Crippen molar-refractivity contribution in [2.45, 2.75) is 6.54 Å². The maximum atomic E-state index is 9.51. The Hall–Kier alpha value is -2.41. The molecule has 0 atom stereocenters. The van der Waals surface area contributed by atoms with Crippen molar-refractivity contribution in [3.63, 3.8) is 0 Å². The number of halogens is 1. The van der Waals surface area contributed by atoms with Gasteiger partial charge in [0, 0.05) is 6.54 Å². The van der Waals surface area contributed by atoms with Crippen LogP contribution in [0.3, 0.4) is 0 Å². The molecule has 2 N–H and O–H groups in total. The van der Waals surface area contributed by atoms with E-state index in [9.17, 15) is 5.11 Å². The van der Waals surface area contributed by atoms with Gasteiger partial charge in [0.25, 0.3) is 0 Å². The van der Waals surface area contributed by atoms with E-state index in [0.717, 1.165) is 16.9 Å². The number of nitrogens with one attached hydrogen (secondary N) is 1. The number of phenols is 1. The topological polar surface area (TPSA) is 75.9 Å². The van der Waals surface area contributed by atoms with Crippen molar-refractivity contribution in [1.29, 1.82) is 0 Å². The number of hydrogen-bond acceptors (Lipinski definition) is 5. The summed E-state index contributed by atoms with van der Waals surface area (Å²) in [7, 11) is 0. The smallest absolute Gasteiger partial charge is 0.143 e. The first-order chi connectivity index (χ1) is 10.2. The minimum atomic E-state index is 0.229. The van der Waals surface area contributed by atoms with Crippen LogP contribution in [0.15, 0.2) is 53.3 Å². The number of aromatic hydroxyl groups is 1. The molecule has 106 valence electrons. The van der Waals surface area contributed by atoms with Crippen LogP contribution in [0.5, 0.6) is 5.75 Å². The lowest BCUT2D eigenvalue weighted by molar-refractivity contribution is 0.471. The summed E-state index contributed by atoms with van der Waals surface area (Å²) in [5, 5.41) is 24.1. The van der Waals surface area contributed by atoms with Crippen molar-refractivity contribution >= 4 is 21.6 Å². The van der Waals surface area contributed by atoms with Gasteiger partial charge >= 0.3 is 0 Å². The SMILES string of the molecule is Oc1ccc(CNc2ccccc2-n2cnnn2)cc1Br. The summed E-state index contributed by atoms with van der Waals surface area (Å²) in [5.74, 6) is 0.229. The molecule has 2 aromatic carbocycles. The van der Waals surface area contributed by atoms with Crippen molar-refractivity contribution < 1.29 is 5.11 Å². The quantitative estimate of drug-likeness (QED) is 0.760. The van der Waals surface area contributed by atoms with Crippen molar-refractivity contribution in [2.75, 3.05) is 5.32 Å². The number of nitrogens with zero attached hydrogens (tertiary/aromatic N) is 4. The van der Waals surface area contributed by atoms with Crippen LogP contribution in [-0.4, -0.2) is 25.3 Å². The van der Waals surface area contributed by atoms with Gasteiger partial charge in [0.05, 0.1) is 15.8 Å². The molecule has 0 bridgehead atoms. The molecule has 1 heterocycles. The predicted molar refractivity (Wildman–Crippen MR) is 82.3 cm³/mol. The van der Waals surface area contributed by atoms with Crippen molar-refractivity contribution in [2.24, 2.45) is 0 Å². The molecular formula is C14H12BrN5O. The molecule has 0 radical (unpaired) electrons. The average molecular weight is 346 g/mol. The number of tetrazole rings is 1. The van der Waals surface area contributed by atoms with Crippen molar-refractivity contribution in [1.82, 2.24) is 20.2 Å². The maximum Gasteiger partial charge on any atom is 0.143 e. The third-order valence-corrected chi connectivity index (χ3v) is 3.63. The van der Waals surface area contributed by atoms with Crippen LogP contribution in [-0.2, 0) is 6.54 Å². The highest BCUT2D eigenvalue weighted by molar-refractivity contribution is 9.10. The Bertz CT molecular complexity index is 745. The van der Waals surface area contributed by atoms with E-state index >= 15 is 0 Å². The first-order valence-electron chi connectivity index (χ1n) is 6.28. The lowest BCUT2D eigenvalue weighted by Gasteiger charge is -2.11. The standard InChI is InChI=1S/C14H12BrN5O/c15-11-7-10(5-6-14(11)21)8-16-12-3-1-2-4-13(12)20-9-17-18-19-20/h1-7,9,16,21H,8H2. The Labute approximate surface area is 129 Å². The third-order valence-electron chi connectivity index (χ3n) is 2.99. The van der Waals surface area contributed by atoms with Gasteiger partial charge in [0.15, 0.2) is 0 Å². The van der Waals surface area contributed by atoms with Gasteiger partial charge in [-0.1, -0.05) is 18.2 Å². The molecule has 0 aliphatic carbocycles. The summed E-state index contributed by atoms with van der Waals surface area (Å²) in [5.41, 5.74) is 2.85. The molecule has 0 saturated carbocycles. The molecule has 3 rings (SSSR count). The number of hydrogen-bond donors (Lipinski definition) is 2. The average Bonchev–Trinajstić information content (AvgIpc) is 3.03. The minimum Gasteiger partial charge on any atom is -0.507 e. The molecule has 0 aliphatic heterocycles. The maximum absolute atomic E-state index is 9.51. The fraction of sp³-hybridized carbons (Fsp3) is 0.0714. The Morgan fingerprint density at radius 1 is 1.19 bits per heavy atom. The first-order valence-corrected chi connectivity index (χ1v) is 7.07. The number of rotatable bonds is 4.